The van der Waals surface area contributed by atoms with E-state index in [-0.39, 0.29) is 11.4 Å². The largest absolute Gasteiger partial charge is 0.494 e. The molecule has 0 saturated carbocycles. The summed E-state index contributed by atoms with van der Waals surface area (Å²) in [4.78, 5) is 33.6. The minimum absolute atomic E-state index is 0.178. The molecular weight excluding hydrogens is 392 g/mol. The summed E-state index contributed by atoms with van der Waals surface area (Å²) in [6.07, 6.45) is 0.838. The number of benzene rings is 2. The fourth-order valence-corrected chi connectivity index (χ4v) is 4.76. The number of aromatic nitrogens is 3. The van der Waals surface area contributed by atoms with Crippen molar-refractivity contribution in [3.63, 3.8) is 0 Å². The molecular formula is C24H24N4O3. The first-order valence-electron chi connectivity index (χ1n) is 10.4. The Kier molecular flexibility index (Phi) is 4.55. The monoisotopic (exact) mass is 416 g/mol. The Bertz CT molecular complexity index is 1380. The van der Waals surface area contributed by atoms with E-state index in [9.17, 15) is 14.7 Å². The highest BCUT2D eigenvalue weighted by Crippen LogP contribution is 2.39. The third kappa shape index (κ3) is 3.00. The summed E-state index contributed by atoms with van der Waals surface area (Å²) in [7, 11) is 1.92. The lowest BCUT2D eigenvalue weighted by molar-refractivity contribution is 0.249. The Balaban J connectivity index is 1.73. The summed E-state index contributed by atoms with van der Waals surface area (Å²) in [6, 6.07) is 16.5. The van der Waals surface area contributed by atoms with E-state index < -0.39 is 23.3 Å². The van der Waals surface area contributed by atoms with Crippen molar-refractivity contribution in [2.24, 2.45) is 0 Å². The van der Waals surface area contributed by atoms with Crippen molar-refractivity contribution >= 4 is 10.9 Å². The summed E-state index contributed by atoms with van der Waals surface area (Å²) in [5.74, 6) is -0.298. The quantitative estimate of drug-likeness (QED) is 0.479. The van der Waals surface area contributed by atoms with Gasteiger partial charge in [0.2, 0.25) is 5.88 Å². The number of H-pyrrole nitrogens is 2. The standard InChI is InChI=1S/C24H24N4O3/c1-14(15-8-4-3-5-9-15)28-23(30)19(22(29)26-24(28)31)21-20-17(12-13-27(21)2)16-10-6-7-11-18(16)25-20/h3-11,14,21,25,30H,12-13H2,1-2H3,(H,26,29,31)/t14-,21+/m1/s1. The van der Waals surface area contributed by atoms with Crippen LogP contribution in [0.5, 0.6) is 5.88 Å². The second kappa shape index (κ2) is 7.28. The predicted octanol–water partition coefficient (Wildman–Crippen LogP) is 2.91. The van der Waals surface area contributed by atoms with E-state index in [4.69, 9.17) is 0 Å². The van der Waals surface area contributed by atoms with Crippen molar-refractivity contribution in [2.75, 3.05) is 13.6 Å². The van der Waals surface area contributed by atoms with Crippen LogP contribution in [-0.2, 0) is 6.42 Å². The first-order chi connectivity index (χ1) is 15.0. The number of rotatable bonds is 3. The van der Waals surface area contributed by atoms with Crippen LogP contribution in [-0.4, -0.2) is 38.1 Å². The highest BCUT2D eigenvalue weighted by Gasteiger charge is 2.35. The Hall–Kier alpha value is -3.58. The maximum absolute atomic E-state index is 13.0. The molecule has 0 spiro atoms. The van der Waals surface area contributed by atoms with Gasteiger partial charge in [0.1, 0.15) is 5.56 Å². The summed E-state index contributed by atoms with van der Waals surface area (Å²) in [5.41, 5.74) is 2.87. The Morgan fingerprint density at radius 2 is 1.74 bits per heavy atom. The lowest BCUT2D eigenvalue weighted by Gasteiger charge is -2.33. The summed E-state index contributed by atoms with van der Waals surface area (Å²) >= 11 is 0. The molecule has 3 heterocycles. The molecule has 0 radical (unpaired) electrons. The summed E-state index contributed by atoms with van der Waals surface area (Å²) in [5, 5.41) is 12.4. The minimum Gasteiger partial charge on any atom is -0.494 e. The second-order valence-corrected chi connectivity index (χ2v) is 8.15. The first kappa shape index (κ1) is 19.4. The van der Waals surface area contributed by atoms with Gasteiger partial charge < -0.3 is 10.1 Å². The molecule has 1 aliphatic heterocycles. The summed E-state index contributed by atoms with van der Waals surface area (Å²) in [6.45, 7) is 2.56. The van der Waals surface area contributed by atoms with Gasteiger partial charge in [-0.2, -0.15) is 0 Å². The summed E-state index contributed by atoms with van der Waals surface area (Å²) < 4.78 is 1.26. The molecule has 2 atom stereocenters. The third-order valence-electron chi connectivity index (χ3n) is 6.37. The number of aromatic hydroxyl groups is 1. The SMILES string of the molecule is C[C@H](c1ccccc1)n1c(O)c([C@H]2c3[nH]c4ccccc4c3CCN2C)c(=O)[nH]c1=O. The number of hydrogen-bond donors (Lipinski definition) is 3. The van der Waals surface area contributed by atoms with Crippen LogP contribution in [0.15, 0.2) is 64.2 Å². The molecule has 0 unspecified atom stereocenters. The highest BCUT2D eigenvalue weighted by molar-refractivity contribution is 5.85. The van der Waals surface area contributed by atoms with E-state index in [0.29, 0.717) is 0 Å². The van der Waals surface area contributed by atoms with E-state index in [1.54, 1.807) is 0 Å². The molecule has 4 aromatic rings. The normalized spacial score (nSPS) is 17.5. The van der Waals surface area contributed by atoms with Crippen LogP contribution in [0.1, 0.15) is 41.4 Å². The molecule has 0 bridgehead atoms. The predicted molar refractivity (Wildman–Crippen MR) is 120 cm³/mol. The van der Waals surface area contributed by atoms with Crippen LogP contribution < -0.4 is 11.2 Å². The molecule has 2 aromatic heterocycles. The Morgan fingerprint density at radius 3 is 2.52 bits per heavy atom. The number of nitrogens with zero attached hydrogens (tertiary/aromatic N) is 2. The molecule has 0 saturated heterocycles. The van der Waals surface area contributed by atoms with Crippen molar-refractivity contribution in [1.82, 2.24) is 19.4 Å². The zero-order valence-corrected chi connectivity index (χ0v) is 17.4. The zero-order chi connectivity index (χ0) is 21.7. The van der Waals surface area contributed by atoms with Crippen LogP contribution in [0.3, 0.4) is 0 Å². The van der Waals surface area contributed by atoms with Gasteiger partial charge >= 0.3 is 5.69 Å². The molecule has 158 valence electrons. The maximum Gasteiger partial charge on any atom is 0.331 e. The number of hydrogen-bond acceptors (Lipinski definition) is 4. The number of nitrogens with one attached hydrogen (secondary N) is 2. The Morgan fingerprint density at radius 1 is 1.03 bits per heavy atom. The molecule has 7 nitrogen and oxygen atoms in total. The van der Waals surface area contributed by atoms with Crippen molar-refractivity contribution in [3.8, 4) is 5.88 Å². The number of para-hydroxylation sites is 1. The van der Waals surface area contributed by atoms with Gasteiger partial charge in [0.05, 0.1) is 12.1 Å². The molecule has 5 rings (SSSR count). The van der Waals surface area contributed by atoms with Gasteiger partial charge in [-0.3, -0.25) is 19.2 Å². The van der Waals surface area contributed by atoms with E-state index in [1.807, 2.05) is 67.4 Å². The van der Waals surface area contributed by atoms with Crippen LogP contribution in [0.4, 0.5) is 0 Å². The molecule has 1 aliphatic rings. The van der Waals surface area contributed by atoms with Gasteiger partial charge in [-0.05, 0) is 37.6 Å². The molecule has 3 N–H and O–H groups in total. The molecule has 0 fully saturated rings. The van der Waals surface area contributed by atoms with Crippen LogP contribution >= 0.6 is 0 Å². The van der Waals surface area contributed by atoms with Crippen LogP contribution in [0, 0.1) is 0 Å². The van der Waals surface area contributed by atoms with Crippen molar-refractivity contribution < 1.29 is 5.11 Å². The lowest BCUT2D eigenvalue weighted by atomic mass is 9.93. The topological polar surface area (TPSA) is 94.1 Å². The molecule has 7 heteroatoms. The molecule has 2 aromatic carbocycles. The van der Waals surface area contributed by atoms with Crippen molar-refractivity contribution in [3.05, 3.63) is 97.8 Å². The van der Waals surface area contributed by atoms with Gasteiger partial charge in [0.25, 0.3) is 5.56 Å². The lowest BCUT2D eigenvalue weighted by Crippen LogP contribution is -2.40. The van der Waals surface area contributed by atoms with Gasteiger partial charge in [-0.25, -0.2) is 4.79 Å². The van der Waals surface area contributed by atoms with Crippen molar-refractivity contribution in [1.29, 1.82) is 0 Å². The van der Waals surface area contributed by atoms with Crippen LogP contribution in [0.25, 0.3) is 10.9 Å². The fourth-order valence-electron chi connectivity index (χ4n) is 4.76. The van der Waals surface area contributed by atoms with E-state index in [2.05, 4.69) is 16.0 Å². The first-order valence-corrected chi connectivity index (χ1v) is 10.4. The molecule has 0 amide bonds. The molecule has 0 aliphatic carbocycles. The van der Waals surface area contributed by atoms with Crippen LogP contribution in [0.2, 0.25) is 0 Å². The third-order valence-corrected chi connectivity index (χ3v) is 6.37. The average Bonchev–Trinajstić information content (AvgIpc) is 3.14. The number of aromatic amines is 2. The smallest absolute Gasteiger partial charge is 0.331 e. The van der Waals surface area contributed by atoms with Crippen molar-refractivity contribution in [2.45, 2.75) is 25.4 Å². The van der Waals surface area contributed by atoms with Gasteiger partial charge in [-0.1, -0.05) is 48.5 Å². The van der Waals surface area contributed by atoms with E-state index >= 15 is 0 Å². The average molecular weight is 416 g/mol. The maximum atomic E-state index is 13.0. The number of fused-ring (bicyclic) bond motifs is 3. The van der Waals surface area contributed by atoms with E-state index in [1.165, 1.54) is 4.57 Å². The second-order valence-electron chi connectivity index (χ2n) is 8.15. The van der Waals surface area contributed by atoms with E-state index in [0.717, 1.165) is 40.7 Å². The Labute approximate surface area is 178 Å². The zero-order valence-electron chi connectivity index (χ0n) is 17.4. The fraction of sp³-hybridized carbons (Fsp3) is 0.250. The van der Waals surface area contributed by atoms with Gasteiger partial charge in [0, 0.05) is 23.1 Å². The minimum atomic E-state index is -0.627. The highest BCUT2D eigenvalue weighted by atomic mass is 16.3. The molecule has 31 heavy (non-hydrogen) atoms. The van der Waals surface area contributed by atoms with Gasteiger partial charge in [-0.15, -0.1) is 0 Å². The van der Waals surface area contributed by atoms with Gasteiger partial charge in [0.15, 0.2) is 0 Å². The number of likely N-dealkylation sites (N-methyl/N-ethyl adjacent to an activating group) is 1.